The summed E-state index contributed by atoms with van der Waals surface area (Å²) < 4.78 is 19.5. The number of aliphatic hydroxyl groups is 3. The Labute approximate surface area is 193 Å². The maximum atomic E-state index is 11.6. The van der Waals surface area contributed by atoms with Gasteiger partial charge in [-0.2, -0.15) is 0 Å². The molecule has 0 spiro atoms. The van der Waals surface area contributed by atoms with Crippen LogP contribution in [0.2, 0.25) is 58.9 Å². The molecular weight excluding hydrogens is 469 g/mol. The van der Waals surface area contributed by atoms with Gasteiger partial charge in [0, 0.05) is 5.57 Å². The standard InChI is InChI=1S/C15H40O6Si4.C4H6O2/c1-11-12-15(18,14(17)13-16)25(19-22(2,3)4,20-23(5,6)7)21-24(8,9)10;1-3(2)4(5)6/h14,16-18H,11-13H2,1-10H3;1H2,2H3,(H,5,6). The number of carboxylic acid groups (broad SMARTS) is 1. The zero-order valence-electron chi connectivity index (χ0n) is 21.3. The number of hydrogen-bond donors (Lipinski definition) is 4. The predicted octanol–water partition coefficient (Wildman–Crippen LogP) is 3.55. The van der Waals surface area contributed by atoms with Crippen LogP contribution in [0.1, 0.15) is 26.7 Å². The average molecular weight is 515 g/mol. The van der Waals surface area contributed by atoms with E-state index in [1.165, 1.54) is 6.92 Å². The lowest BCUT2D eigenvalue weighted by atomic mass is 10.1. The first-order valence-corrected chi connectivity index (χ1v) is 22.5. The van der Waals surface area contributed by atoms with Crippen LogP contribution in [0, 0.1) is 0 Å². The molecule has 0 heterocycles. The Morgan fingerprint density at radius 3 is 1.39 bits per heavy atom. The fourth-order valence-corrected chi connectivity index (χ4v) is 17.1. The van der Waals surface area contributed by atoms with Crippen molar-refractivity contribution in [1.82, 2.24) is 0 Å². The monoisotopic (exact) mass is 514 g/mol. The van der Waals surface area contributed by atoms with E-state index < -0.39 is 57.7 Å². The van der Waals surface area contributed by atoms with E-state index in [1.54, 1.807) is 0 Å². The summed E-state index contributed by atoms with van der Waals surface area (Å²) in [5.74, 6) is -0.935. The van der Waals surface area contributed by atoms with E-state index >= 15 is 0 Å². The normalized spacial score (nSPS) is 16.1. The second-order valence-electron chi connectivity index (χ2n) is 10.7. The van der Waals surface area contributed by atoms with Crippen LogP contribution in [0.15, 0.2) is 12.2 Å². The van der Waals surface area contributed by atoms with Crippen molar-refractivity contribution in [1.29, 1.82) is 0 Å². The zero-order chi connectivity index (χ0) is 25.5. The molecule has 12 heteroatoms. The van der Waals surface area contributed by atoms with E-state index in [-0.39, 0.29) is 12.0 Å². The van der Waals surface area contributed by atoms with Gasteiger partial charge in [0.05, 0.1) is 6.61 Å². The van der Waals surface area contributed by atoms with Crippen LogP contribution in [0.25, 0.3) is 0 Å². The third-order valence-corrected chi connectivity index (χ3v) is 15.8. The van der Waals surface area contributed by atoms with Crippen LogP contribution in [-0.4, -0.2) is 78.1 Å². The first-order valence-electron chi connectivity index (χ1n) is 10.6. The Morgan fingerprint density at radius 1 is 0.935 bits per heavy atom. The van der Waals surface area contributed by atoms with Crippen LogP contribution in [0.3, 0.4) is 0 Å². The molecule has 186 valence electrons. The van der Waals surface area contributed by atoms with Crippen LogP contribution in [0.5, 0.6) is 0 Å². The van der Waals surface area contributed by atoms with Crippen LogP contribution in [-0.2, 0) is 17.1 Å². The summed E-state index contributed by atoms with van der Waals surface area (Å²) >= 11 is 0. The van der Waals surface area contributed by atoms with Crippen molar-refractivity contribution in [3.05, 3.63) is 12.2 Å². The van der Waals surface area contributed by atoms with E-state index in [9.17, 15) is 20.1 Å². The highest BCUT2D eigenvalue weighted by molar-refractivity contribution is 6.91. The summed E-state index contributed by atoms with van der Waals surface area (Å²) in [5, 5.41) is 38.0. The maximum absolute atomic E-state index is 11.6. The quantitative estimate of drug-likeness (QED) is 0.230. The largest absolute Gasteiger partial charge is 0.505 e. The van der Waals surface area contributed by atoms with Gasteiger partial charge >= 0.3 is 14.8 Å². The first kappa shape index (κ1) is 33.0. The molecular formula is C19H46O8Si4. The van der Waals surface area contributed by atoms with Gasteiger partial charge < -0.3 is 32.8 Å². The van der Waals surface area contributed by atoms with E-state index in [4.69, 9.17) is 17.5 Å². The fraction of sp³-hybridized carbons (Fsp3) is 0.842. The molecule has 0 aliphatic heterocycles. The van der Waals surface area contributed by atoms with E-state index in [1.807, 2.05) is 65.8 Å². The number of carboxylic acids is 1. The smallest absolute Gasteiger partial charge is 0.478 e. The van der Waals surface area contributed by atoms with Gasteiger partial charge in [-0.05, 0) is 72.3 Å². The van der Waals surface area contributed by atoms with Gasteiger partial charge in [0.2, 0.25) is 0 Å². The Balaban J connectivity index is 0. The van der Waals surface area contributed by atoms with Gasteiger partial charge in [0.15, 0.2) is 30.2 Å². The zero-order valence-corrected chi connectivity index (χ0v) is 25.3. The fourth-order valence-electron chi connectivity index (χ4n) is 2.59. The van der Waals surface area contributed by atoms with Crippen molar-refractivity contribution < 1.29 is 37.6 Å². The molecule has 2 unspecified atom stereocenters. The van der Waals surface area contributed by atoms with Gasteiger partial charge in [-0.3, -0.25) is 0 Å². The molecule has 0 aliphatic rings. The second-order valence-corrected chi connectivity index (χ2v) is 27.8. The summed E-state index contributed by atoms with van der Waals surface area (Å²) in [5.41, 5.74) is 0.176. The van der Waals surface area contributed by atoms with Crippen molar-refractivity contribution in [3.63, 3.8) is 0 Å². The minimum absolute atomic E-state index is 0.176. The third-order valence-electron chi connectivity index (χ3n) is 3.57. The Kier molecular flexibility index (Phi) is 13.1. The van der Waals surface area contributed by atoms with Gasteiger partial charge in [0.25, 0.3) is 0 Å². The average Bonchev–Trinajstić information content (AvgIpc) is 2.49. The molecule has 4 N–H and O–H groups in total. The number of aliphatic carboxylic acids is 1. The van der Waals surface area contributed by atoms with E-state index in [2.05, 4.69) is 6.58 Å². The van der Waals surface area contributed by atoms with Gasteiger partial charge in [-0.15, -0.1) is 0 Å². The Morgan fingerprint density at radius 2 is 1.23 bits per heavy atom. The molecule has 0 aromatic rings. The van der Waals surface area contributed by atoms with Crippen LogP contribution >= 0.6 is 0 Å². The molecule has 0 saturated heterocycles. The number of aliphatic hydroxyl groups excluding tert-OH is 2. The molecule has 0 amide bonds. The molecule has 2 atom stereocenters. The highest BCUT2D eigenvalue weighted by Crippen LogP contribution is 2.38. The highest BCUT2D eigenvalue weighted by atomic mass is 28.5. The molecule has 0 radical (unpaired) electrons. The summed E-state index contributed by atoms with van der Waals surface area (Å²) in [4.78, 5) is 9.60. The molecule has 0 aliphatic carbocycles. The molecule has 0 saturated carbocycles. The topological polar surface area (TPSA) is 126 Å². The van der Waals surface area contributed by atoms with Gasteiger partial charge in [-0.25, -0.2) is 4.79 Å². The lowest BCUT2D eigenvalue weighted by Crippen LogP contribution is -2.76. The molecule has 8 nitrogen and oxygen atoms in total. The first-order chi connectivity index (χ1) is 13.6. The summed E-state index contributed by atoms with van der Waals surface area (Å²) in [6.45, 7) is 24.2. The summed E-state index contributed by atoms with van der Waals surface area (Å²) in [6.07, 6.45) is -0.509. The molecule has 0 rings (SSSR count). The van der Waals surface area contributed by atoms with Crippen molar-refractivity contribution in [2.75, 3.05) is 6.61 Å². The molecule has 0 aromatic carbocycles. The number of carbonyl (C=O) groups is 1. The minimum atomic E-state index is -3.73. The Hall–Kier alpha value is -0.162. The molecule has 0 fully saturated rings. The molecule has 0 bridgehead atoms. The van der Waals surface area contributed by atoms with Crippen molar-refractivity contribution in [2.45, 2.75) is 96.9 Å². The maximum Gasteiger partial charge on any atom is 0.505 e. The van der Waals surface area contributed by atoms with Crippen LogP contribution in [0.4, 0.5) is 0 Å². The lowest BCUT2D eigenvalue weighted by molar-refractivity contribution is -0.132. The van der Waals surface area contributed by atoms with E-state index in [0.717, 1.165) is 0 Å². The highest BCUT2D eigenvalue weighted by Gasteiger charge is 2.67. The minimum Gasteiger partial charge on any atom is -0.478 e. The van der Waals surface area contributed by atoms with Crippen molar-refractivity contribution >= 4 is 39.7 Å². The number of rotatable bonds is 12. The van der Waals surface area contributed by atoms with Gasteiger partial charge in [-0.1, -0.05) is 19.9 Å². The van der Waals surface area contributed by atoms with Crippen molar-refractivity contribution in [2.24, 2.45) is 0 Å². The predicted molar refractivity (Wildman–Crippen MR) is 134 cm³/mol. The number of hydrogen-bond acceptors (Lipinski definition) is 7. The van der Waals surface area contributed by atoms with E-state index in [0.29, 0.717) is 6.42 Å². The molecule has 0 aromatic heterocycles. The lowest BCUT2D eigenvalue weighted by Gasteiger charge is -2.51. The van der Waals surface area contributed by atoms with Crippen LogP contribution < -0.4 is 0 Å². The second kappa shape index (κ2) is 12.3. The van der Waals surface area contributed by atoms with Gasteiger partial charge in [0.1, 0.15) is 6.10 Å². The summed E-state index contributed by atoms with van der Waals surface area (Å²) in [6, 6.07) is 0. The molecule has 31 heavy (non-hydrogen) atoms. The summed E-state index contributed by atoms with van der Waals surface area (Å²) in [7, 11) is -10.3. The third kappa shape index (κ3) is 12.6. The van der Waals surface area contributed by atoms with Crippen molar-refractivity contribution in [3.8, 4) is 0 Å². The Bertz CT molecular complexity index is 528. The SMILES string of the molecule is C=C(C)C(=O)O.CCCC(O)(C(O)CO)[Si](O[Si](C)(C)C)(O[Si](C)(C)C)O[Si](C)(C)C.